The summed E-state index contributed by atoms with van der Waals surface area (Å²) in [5, 5.41) is 0. The van der Waals surface area contributed by atoms with Gasteiger partial charge in [0.1, 0.15) is 5.75 Å². The van der Waals surface area contributed by atoms with Crippen molar-refractivity contribution in [1.29, 1.82) is 0 Å². The van der Waals surface area contributed by atoms with Crippen LogP contribution in [-0.4, -0.2) is 24.7 Å². The number of hydrogen-bond donors (Lipinski definition) is 2. The standard InChI is InChI=1S/C18H17BrN2O5/c1-10-3-5-14(13(19)7-10)26-11(2)17(22)20-21-18(23)12-4-6-15-16(8-12)25-9-24-15/h3-8,11H,9H2,1-2H3,(H,20,22)(H,21,23). The van der Waals surface area contributed by atoms with Crippen LogP contribution in [0.2, 0.25) is 0 Å². The molecule has 2 amide bonds. The Morgan fingerprint density at radius 1 is 1.12 bits per heavy atom. The predicted molar refractivity (Wildman–Crippen MR) is 97.1 cm³/mol. The van der Waals surface area contributed by atoms with Crippen LogP contribution in [0.3, 0.4) is 0 Å². The molecular formula is C18H17BrN2O5. The van der Waals surface area contributed by atoms with E-state index in [9.17, 15) is 9.59 Å². The lowest BCUT2D eigenvalue weighted by atomic mass is 10.2. The number of halogens is 1. The second-order valence-electron chi connectivity index (χ2n) is 5.71. The van der Waals surface area contributed by atoms with Crippen LogP contribution in [0, 0.1) is 6.92 Å². The van der Waals surface area contributed by atoms with E-state index in [1.54, 1.807) is 31.2 Å². The summed E-state index contributed by atoms with van der Waals surface area (Å²) in [4.78, 5) is 24.3. The number of benzene rings is 2. The summed E-state index contributed by atoms with van der Waals surface area (Å²) in [6, 6.07) is 10.3. The SMILES string of the molecule is Cc1ccc(OC(C)C(=O)NNC(=O)c2ccc3c(c2)OCO3)c(Br)c1. The molecule has 8 heteroatoms. The number of nitrogens with one attached hydrogen (secondary N) is 2. The Labute approximate surface area is 158 Å². The van der Waals surface area contributed by atoms with Gasteiger partial charge < -0.3 is 14.2 Å². The van der Waals surface area contributed by atoms with Crippen LogP contribution in [-0.2, 0) is 4.79 Å². The minimum Gasteiger partial charge on any atom is -0.480 e. The Balaban J connectivity index is 1.55. The Kier molecular flexibility index (Phi) is 5.32. The lowest BCUT2D eigenvalue weighted by Gasteiger charge is -2.16. The van der Waals surface area contributed by atoms with Crippen molar-refractivity contribution in [2.24, 2.45) is 0 Å². The molecule has 0 aromatic heterocycles. The quantitative estimate of drug-likeness (QED) is 0.742. The largest absolute Gasteiger partial charge is 0.480 e. The third-order valence-corrected chi connectivity index (χ3v) is 4.31. The van der Waals surface area contributed by atoms with E-state index in [1.807, 2.05) is 19.1 Å². The van der Waals surface area contributed by atoms with Crippen molar-refractivity contribution in [3.63, 3.8) is 0 Å². The molecule has 1 atom stereocenters. The molecule has 1 unspecified atom stereocenters. The highest BCUT2D eigenvalue weighted by Crippen LogP contribution is 2.32. The smallest absolute Gasteiger partial charge is 0.279 e. The summed E-state index contributed by atoms with van der Waals surface area (Å²) in [5.74, 6) is 0.661. The average Bonchev–Trinajstić information content (AvgIpc) is 3.09. The van der Waals surface area contributed by atoms with Crippen molar-refractivity contribution in [2.45, 2.75) is 20.0 Å². The lowest BCUT2D eigenvalue weighted by molar-refractivity contribution is -0.128. The van der Waals surface area contributed by atoms with Crippen LogP contribution < -0.4 is 25.1 Å². The molecule has 0 aliphatic carbocycles. The summed E-state index contributed by atoms with van der Waals surface area (Å²) in [5.41, 5.74) is 6.11. The molecule has 1 heterocycles. The summed E-state index contributed by atoms with van der Waals surface area (Å²) in [6.07, 6.45) is -0.800. The van der Waals surface area contributed by atoms with Crippen LogP contribution in [0.25, 0.3) is 0 Å². The molecule has 136 valence electrons. The van der Waals surface area contributed by atoms with Gasteiger partial charge in [-0.25, -0.2) is 0 Å². The Morgan fingerprint density at radius 2 is 1.88 bits per heavy atom. The third kappa shape index (κ3) is 4.08. The first-order chi connectivity index (χ1) is 12.4. The monoisotopic (exact) mass is 420 g/mol. The summed E-state index contributed by atoms with van der Waals surface area (Å²) in [6.45, 7) is 3.67. The molecule has 1 aliphatic heterocycles. The van der Waals surface area contributed by atoms with Gasteiger partial charge in [0, 0.05) is 5.56 Å². The van der Waals surface area contributed by atoms with Gasteiger partial charge in [-0.15, -0.1) is 0 Å². The Hall–Kier alpha value is -2.74. The minimum absolute atomic E-state index is 0.126. The van der Waals surface area contributed by atoms with Crippen molar-refractivity contribution >= 4 is 27.7 Å². The van der Waals surface area contributed by atoms with Gasteiger partial charge in [-0.05, 0) is 65.7 Å². The van der Waals surface area contributed by atoms with Gasteiger partial charge in [0.05, 0.1) is 4.47 Å². The summed E-state index contributed by atoms with van der Waals surface area (Å²) >= 11 is 3.39. The molecule has 2 N–H and O–H groups in total. The Bertz CT molecular complexity index is 855. The molecule has 2 aromatic carbocycles. The van der Waals surface area contributed by atoms with E-state index in [2.05, 4.69) is 26.8 Å². The highest BCUT2D eigenvalue weighted by atomic mass is 79.9. The van der Waals surface area contributed by atoms with Crippen LogP contribution in [0.4, 0.5) is 0 Å². The van der Waals surface area contributed by atoms with E-state index in [-0.39, 0.29) is 6.79 Å². The van der Waals surface area contributed by atoms with Gasteiger partial charge in [-0.3, -0.25) is 20.4 Å². The van der Waals surface area contributed by atoms with Crippen molar-refractivity contribution in [1.82, 2.24) is 10.9 Å². The molecule has 26 heavy (non-hydrogen) atoms. The second kappa shape index (κ2) is 7.65. The van der Waals surface area contributed by atoms with Crippen molar-refractivity contribution in [3.05, 3.63) is 52.0 Å². The topological polar surface area (TPSA) is 85.9 Å². The number of carbonyl (C=O) groups excluding carboxylic acids is 2. The summed E-state index contributed by atoms with van der Waals surface area (Å²) in [7, 11) is 0. The average molecular weight is 421 g/mol. The molecule has 0 fully saturated rings. The molecule has 0 radical (unpaired) electrons. The summed E-state index contributed by atoms with van der Waals surface area (Å²) < 4.78 is 16.8. The maximum atomic E-state index is 12.2. The normalized spacial score (nSPS) is 13.0. The molecular weight excluding hydrogens is 404 g/mol. The van der Waals surface area contributed by atoms with Crippen LogP contribution in [0.5, 0.6) is 17.2 Å². The Morgan fingerprint density at radius 3 is 2.65 bits per heavy atom. The molecule has 1 aliphatic rings. The van der Waals surface area contributed by atoms with E-state index in [1.165, 1.54) is 0 Å². The van der Waals surface area contributed by atoms with Gasteiger partial charge >= 0.3 is 0 Å². The fourth-order valence-corrected chi connectivity index (χ4v) is 2.86. The zero-order chi connectivity index (χ0) is 18.7. The number of rotatable bonds is 4. The number of aryl methyl sites for hydroxylation is 1. The van der Waals surface area contributed by atoms with E-state index >= 15 is 0 Å². The van der Waals surface area contributed by atoms with Gasteiger partial charge in [-0.2, -0.15) is 0 Å². The maximum absolute atomic E-state index is 12.2. The number of hydrogen-bond acceptors (Lipinski definition) is 5. The lowest BCUT2D eigenvalue weighted by Crippen LogP contribution is -2.47. The van der Waals surface area contributed by atoms with Gasteiger partial charge in [0.2, 0.25) is 6.79 Å². The molecule has 7 nitrogen and oxygen atoms in total. The number of ether oxygens (including phenoxy) is 3. The fraction of sp³-hybridized carbons (Fsp3) is 0.222. The van der Waals surface area contributed by atoms with Crippen molar-refractivity contribution in [2.75, 3.05) is 6.79 Å². The third-order valence-electron chi connectivity index (χ3n) is 3.69. The van der Waals surface area contributed by atoms with Gasteiger partial charge in [0.15, 0.2) is 17.6 Å². The zero-order valence-electron chi connectivity index (χ0n) is 14.2. The number of hydrazine groups is 1. The van der Waals surface area contributed by atoms with E-state index in [0.29, 0.717) is 22.8 Å². The second-order valence-corrected chi connectivity index (χ2v) is 6.56. The van der Waals surface area contributed by atoms with Crippen LogP contribution in [0.1, 0.15) is 22.8 Å². The molecule has 0 saturated heterocycles. The first-order valence-electron chi connectivity index (χ1n) is 7.86. The predicted octanol–water partition coefficient (Wildman–Crippen LogP) is 2.71. The molecule has 0 bridgehead atoms. The van der Waals surface area contributed by atoms with Gasteiger partial charge in [0.25, 0.3) is 11.8 Å². The first kappa shape index (κ1) is 18.1. The molecule has 0 spiro atoms. The highest BCUT2D eigenvalue weighted by Gasteiger charge is 2.19. The van der Waals surface area contributed by atoms with Crippen molar-refractivity contribution < 1.29 is 23.8 Å². The van der Waals surface area contributed by atoms with E-state index in [4.69, 9.17) is 14.2 Å². The maximum Gasteiger partial charge on any atom is 0.279 e. The highest BCUT2D eigenvalue weighted by molar-refractivity contribution is 9.10. The van der Waals surface area contributed by atoms with Crippen molar-refractivity contribution in [3.8, 4) is 17.2 Å². The van der Waals surface area contributed by atoms with E-state index < -0.39 is 17.9 Å². The van der Waals surface area contributed by atoms with E-state index in [0.717, 1.165) is 10.0 Å². The minimum atomic E-state index is -0.800. The number of fused-ring (bicyclic) bond motifs is 1. The zero-order valence-corrected chi connectivity index (χ0v) is 15.8. The molecule has 3 rings (SSSR count). The first-order valence-corrected chi connectivity index (χ1v) is 8.66. The van der Waals surface area contributed by atoms with Crippen LogP contribution >= 0.6 is 15.9 Å². The fourth-order valence-electron chi connectivity index (χ4n) is 2.28. The van der Waals surface area contributed by atoms with Crippen LogP contribution in [0.15, 0.2) is 40.9 Å². The van der Waals surface area contributed by atoms with Gasteiger partial charge in [-0.1, -0.05) is 6.07 Å². The molecule has 0 saturated carbocycles. The molecule has 2 aromatic rings. The number of carbonyl (C=O) groups is 2. The number of amides is 2.